The van der Waals surface area contributed by atoms with E-state index in [4.69, 9.17) is 5.73 Å². The van der Waals surface area contributed by atoms with Gasteiger partial charge in [0.25, 0.3) is 0 Å². The van der Waals surface area contributed by atoms with Crippen LogP contribution in [0.1, 0.15) is 12.0 Å². The molecule has 2 unspecified atom stereocenters. The largest absolute Gasteiger partial charge is 0.403 e. The van der Waals surface area contributed by atoms with E-state index in [-0.39, 0.29) is 12.8 Å². The molecule has 1 amide bonds. The Kier molecular flexibility index (Phi) is 2.64. The molecule has 0 aliphatic heterocycles. The zero-order chi connectivity index (χ0) is 12.7. The second kappa shape index (κ2) is 3.75. The van der Waals surface area contributed by atoms with E-state index < -0.39 is 23.4 Å². The Labute approximate surface area is 96.6 Å². The minimum absolute atomic E-state index is 0.194. The standard InChI is InChI=1S/C12H12F3NO/c13-12(14,15)11(10(16)17)7-9(11)6-8-4-2-1-3-5-8/h1-5,9H,6-7H2,(H2,16,17). The number of hydrogen-bond donors (Lipinski definition) is 1. The molecule has 1 saturated carbocycles. The van der Waals surface area contributed by atoms with Crippen molar-refractivity contribution in [2.24, 2.45) is 17.1 Å². The molecule has 1 aromatic rings. The predicted octanol–water partition coefficient (Wildman–Crippen LogP) is 2.28. The fraction of sp³-hybridized carbons (Fsp3) is 0.417. The molecule has 5 heteroatoms. The zero-order valence-electron chi connectivity index (χ0n) is 9.00. The maximum absolute atomic E-state index is 12.8. The van der Waals surface area contributed by atoms with Crippen LogP contribution in [0.15, 0.2) is 30.3 Å². The van der Waals surface area contributed by atoms with Crippen molar-refractivity contribution in [2.75, 3.05) is 0 Å². The molecule has 1 aromatic carbocycles. The summed E-state index contributed by atoms with van der Waals surface area (Å²) in [5.41, 5.74) is 3.40. The minimum Gasteiger partial charge on any atom is -0.369 e. The molecule has 0 heterocycles. The summed E-state index contributed by atoms with van der Waals surface area (Å²) in [6.45, 7) is 0. The van der Waals surface area contributed by atoms with E-state index >= 15 is 0 Å². The van der Waals surface area contributed by atoms with Crippen LogP contribution < -0.4 is 5.73 Å². The van der Waals surface area contributed by atoms with E-state index in [1.54, 1.807) is 30.3 Å². The molecule has 0 bridgehead atoms. The third kappa shape index (κ3) is 1.90. The van der Waals surface area contributed by atoms with Gasteiger partial charge in [0.2, 0.25) is 5.91 Å². The molecule has 2 atom stereocenters. The molecule has 1 aliphatic carbocycles. The first-order chi connectivity index (χ1) is 7.88. The average molecular weight is 243 g/mol. The maximum Gasteiger partial charge on any atom is 0.403 e. The molecule has 1 fully saturated rings. The molecule has 0 saturated heterocycles. The van der Waals surface area contributed by atoms with Gasteiger partial charge in [0.05, 0.1) is 0 Å². The Bertz CT molecular complexity index is 429. The molecular formula is C12H12F3NO. The summed E-state index contributed by atoms with van der Waals surface area (Å²) in [6, 6.07) is 8.82. The number of nitrogens with two attached hydrogens (primary N) is 1. The number of carbonyl (C=O) groups excluding carboxylic acids is 1. The van der Waals surface area contributed by atoms with Gasteiger partial charge in [-0.05, 0) is 24.3 Å². The van der Waals surface area contributed by atoms with Crippen LogP contribution in [0.25, 0.3) is 0 Å². The monoisotopic (exact) mass is 243 g/mol. The molecule has 2 nitrogen and oxygen atoms in total. The maximum atomic E-state index is 12.8. The van der Waals surface area contributed by atoms with Crippen molar-refractivity contribution >= 4 is 5.91 Å². The predicted molar refractivity (Wildman–Crippen MR) is 55.9 cm³/mol. The quantitative estimate of drug-likeness (QED) is 0.869. The van der Waals surface area contributed by atoms with Crippen LogP contribution in [-0.2, 0) is 11.2 Å². The Morgan fingerprint density at radius 3 is 2.35 bits per heavy atom. The number of amides is 1. The SMILES string of the molecule is NC(=O)C1(C(F)(F)F)CC1Cc1ccccc1. The fourth-order valence-corrected chi connectivity index (χ4v) is 2.26. The molecular weight excluding hydrogens is 231 g/mol. The highest BCUT2D eigenvalue weighted by Crippen LogP contribution is 2.63. The molecule has 0 radical (unpaired) electrons. The third-order valence-corrected chi connectivity index (χ3v) is 3.38. The molecule has 1 aliphatic rings. The zero-order valence-corrected chi connectivity index (χ0v) is 9.00. The number of hydrogen-bond acceptors (Lipinski definition) is 1. The molecule has 92 valence electrons. The van der Waals surface area contributed by atoms with Gasteiger partial charge in [-0.1, -0.05) is 30.3 Å². The van der Waals surface area contributed by atoms with Gasteiger partial charge in [-0.25, -0.2) is 0 Å². The highest BCUT2D eigenvalue weighted by Gasteiger charge is 2.74. The normalized spacial score (nSPS) is 27.8. The number of rotatable bonds is 3. The Hall–Kier alpha value is -1.52. The van der Waals surface area contributed by atoms with Crippen molar-refractivity contribution in [3.63, 3.8) is 0 Å². The lowest BCUT2D eigenvalue weighted by Gasteiger charge is -2.17. The Morgan fingerprint density at radius 2 is 1.94 bits per heavy atom. The van der Waals surface area contributed by atoms with Gasteiger partial charge < -0.3 is 5.73 Å². The van der Waals surface area contributed by atoms with E-state index in [1.807, 2.05) is 0 Å². The van der Waals surface area contributed by atoms with Crippen LogP contribution in [0.5, 0.6) is 0 Å². The smallest absolute Gasteiger partial charge is 0.369 e. The van der Waals surface area contributed by atoms with Crippen LogP contribution in [0.3, 0.4) is 0 Å². The summed E-state index contributed by atoms with van der Waals surface area (Å²) >= 11 is 0. The molecule has 2 N–H and O–H groups in total. The van der Waals surface area contributed by atoms with E-state index in [9.17, 15) is 18.0 Å². The van der Waals surface area contributed by atoms with E-state index in [2.05, 4.69) is 0 Å². The summed E-state index contributed by atoms with van der Waals surface area (Å²) in [5.74, 6) is -1.98. The minimum atomic E-state index is -4.54. The topological polar surface area (TPSA) is 43.1 Å². The summed E-state index contributed by atoms with van der Waals surface area (Å²) in [7, 11) is 0. The average Bonchev–Trinajstić information content (AvgIpc) is 2.94. The van der Waals surface area contributed by atoms with Crippen molar-refractivity contribution < 1.29 is 18.0 Å². The third-order valence-electron chi connectivity index (χ3n) is 3.38. The number of alkyl halides is 3. The van der Waals surface area contributed by atoms with E-state index in [1.165, 1.54) is 0 Å². The lowest BCUT2D eigenvalue weighted by molar-refractivity contribution is -0.194. The van der Waals surface area contributed by atoms with Gasteiger partial charge >= 0.3 is 6.18 Å². The highest BCUT2D eigenvalue weighted by atomic mass is 19.4. The van der Waals surface area contributed by atoms with Crippen LogP contribution in [0, 0.1) is 11.3 Å². The van der Waals surface area contributed by atoms with Crippen molar-refractivity contribution in [3.8, 4) is 0 Å². The summed E-state index contributed by atoms with van der Waals surface area (Å²) in [4.78, 5) is 11.0. The first-order valence-corrected chi connectivity index (χ1v) is 5.28. The lowest BCUT2D eigenvalue weighted by Crippen LogP contribution is -2.39. The molecule has 0 spiro atoms. The van der Waals surface area contributed by atoms with Crippen molar-refractivity contribution in [1.82, 2.24) is 0 Å². The van der Waals surface area contributed by atoms with Gasteiger partial charge in [0.1, 0.15) is 5.41 Å². The van der Waals surface area contributed by atoms with Crippen LogP contribution >= 0.6 is 0 Å². The number of benzene rings is 1. The van der Waals surface area contributed by atoms with Gasteiger partial charge in [-0.15, -0.1) is 0 Å². The van der Waals surface area contributed by atoms with Crippen molar-refractivity contribution in [3.05, 3.63) is 35.9 Å². The van der Waals surface area contributed by atoms with Gasteiger partial charge in [0, 0.05) is 0 Å². The second-order valence-corrected chi connectivity index (χ2v) is 4.42. The van der Waals surface area contributed by atoms with Crippen LogP contribution in [0.4, 0.5) is 13.2 Å². The highest BCUT2D eigenvalue weighted by molar-refractivity contribution is 5.85. The summed E-state index contributed by atoms with van der Waals surface area (Å²) in [6.07, 6.45) is -4.50. The summed E-state index contributed by atoms with van der Waals surface area (Å²) < 4.78 is 38.4. The van der Waals surface area contributed by atoms with Crippen LogP contribution in [-0.4, -0.2) is 12.1 Å². The molecule has 17 heavy (non-hydrogen) atoms. The van der Waals surface area contributed by atoms with Crippen LogP contribution in [0.2, 0.25) is 0 Å². The molecule has 2 rings (SSSR count). The molecule has 0 aromatic heterocycles. The number of halogens is 3. The first kappa shape index (κ1) is 12.0. The van der Waals surface area contributed by atoms with Gasteiger partial charge in [0.15, 0.2) is 0 Å². The second-order valence-electron chi connectivity index (χ2n) is 4.42. The van der Waals surface area contributed by atoms with Gasteiger partial charge in [-0.3, -0.25) is 4.79 Å². The number of carbonyl (C=O) groups is 1. The Balaban J connectivity index is 2.15. The van der Waals surface area contributed by atoms with E-state index in [0.717, 1.165) is 5.56 Å². The Morgan fingerprint density at radius 1 is 1.35 bits per heavy atom. The lowest BCUT2D eigenvalue weighted by atomic mass is 9.98. The van der Waals surface area contributed by atoms with E-state index in [0.29, 0.717) is 0 Å². The van der Waals surface area contributed by atoms with Crippen molar-refractivity contribution in [1.29, 1.82) is 0 Å². The first-order valence-electron chi connectivity index (χ1n) is 5.28. The summed E-state index contributed by atoms with van der Waals surface area (Å²) in [5, 5.41) is 0. The van der Waals surface area contributed by atoms with Crippen molar-refractivity contribution in [2.45, 2.75) is 19.0 Å². The van der Waals surface area contributed by atoms with Gasteiger partial charge in [-0.2, -0.15) is 13.2 Å². The number of primary amides is 1. The fourth-order valence-electron chi connectivity index (χ4n) is 2.26.